The smallest absolute Gasteiger partial charge is 0.0431 e. The van der Waals surface area contributed by atoms with Crippen LogP contribution in [0.4, 0.5) is 0 Å². The van der Waals surface area contributed by atoms with Crippen molar-refractivity contribution >= 4 is 0 Å². The summed E-state index contributed by atoms with van der Waals surface area (Å²) >= 11 is 0. The third-order valence-electron chi connectivity index (χ3n) is 5.59. The number of hydrogen-bond donors (Lipinski definition) is 2. The maximum Gasteiger partial charge on any atom is 0.0431 e. The monoisotopic (exact) mass is 267 g/mol. The molecule has 2 aliphatic rings. The molecule has 0 heterocycles. The highest BCUT2D eigenvalue weighted by Gasteiger charge is 2.37. The Morgan fingerprint density at radius 3 is 2.32 bits per heavy atom. The maximum atomic E-state index is 8.94. The van der Waals surface area contributed by atoms with Gasteiger partial charge in [0.2, 0.25) is 0 Å². The van der Waals surface area contributed by atoms with Gasteiger partial charge in [-0.1, -0.05) is 26.7 Å². The van der Waals surface area contributed by atoms with E-state index in [0.29, 0.717) is 12.0 Å². The second-order valence-electron chi connectivity index (χ2n) is 7.85. The van der Waals surface area contributed by atoms with Gasteiger partial charge in [0.25, 0.3) is 0 Å². The first kappa shape index (κ1) is 15.3. The molecule has 112 valence electrons. The first-order valence-electron chi connectivity index (χ1n) is 8.40. The van der Waals surface area contributed by atoms with Crippen LogP contribution in [0.5, 0.6) is 0 Å². The third kappa shape index (κ3) is 4.46. The van der Waals surface area contributed by atoms with E-state index in [2.05, 4.69) is 19.2 Å². The number of nitrogens with one attached hydrogen (secondary N) is 1. The molecule has 2 fully saturated rings. The number of aliphatic hydroxyl groups is 1. The van der Waals surface area contributed by atoms with Crippen molar-refractivity contribution in [2.45, 2.75) is 84.1 Å². The SMILES string of the molecule is CC(C)(CCCO)CNC1CCC2(CCCC2)CC1. The van der Waals surface area contributed by atoms with Crippen LogP contribution in [-0.2, 0) is 0 Å². The molecule has 0 aromatic carbocycles. The molecule has 0 amide bonds. The van der Waals surface area contributed by atoms with Crippen LogP contribution in [0.3, 0.4) is 0 Å². The van der Waals surface area contributed by atoms with Gasteiger partial charge < -0.3 is 10.4 Å². The molecule has 0 unspecified atom stereocenters. The molecule has 2 saturated carbocycles. The zero-order valence-electron chi connectivity index (χ0n) is 13.0. The lowest BCUT2D eigenvalue weighted by atomic mass is 9.71. The van der Waals surface area contributed by atoms with Gasteiger partial charge in [-0.05, 0) is 62.2 Å². The number of aliphatic hydroxyl groups excluding tert-OH is 1. The highest BCUT2D eigenvalue weighted by atomic mass is 16.2. The Hall–Kier alpha value is -0.0800. The van der Waals surface area contributed by atoms with E-state index in [1.807, 2.05) is 0 Å². The average Bonchev–Trinajstić information content (AvgIpc) is 2.85. The maximum absolute atomic E-state index is 8.94. The Kier molecular flexibility index (Phi) is 5.30. The van der Waals surface area contributed by atoms with Gasteiger partial charge in [0.15, 0.2) is 0 Å². The molecular weight excluding hydrogens is 234 g/mol. The van der Waals surface area contributed by atoms with E-state index in [9.17, 15) is 0 Å². The van der Waals surface area contributed by atoms with E-state index in [1.54, 1.807) is 0 Å². The molecule has 19 heavy (non-hydrogen) atoms. The lowest BCUT2D eigenvalue weighted by Crippen LogP contribution is -2.41. The largest absolute Gasteiger partial charge is 0.396 e. The van der Waals surface area contributed by atoms with Crippen molar-refractivity contribution in [1.29, 1.82) is 0 Å². The minimum absolute atomic E-state index is 0.325. The van der Waals surface area contributed by atoms with Crippen molar-refractivity contribution < 1.29 is 5.11 Å². The summed E-state index contributed by atoms with van der Waals surface area (Å²) in [6.45, 7) is 6.06. The minimum Gasteiger partial charge on any atom is -0.396 e. The van der Waals surface area contributed by atoms with E-state index in [0.717, 1.165) is 30.8 Å². The fourth-order valence-corrected chi connectivity index (χ4v) is 4.13. The lowest BCUT2D eigenvalue weighted by Gasteiger charge is -2.39. The zero-order valence-corrected chi connectivity index (χ0v) is 13.0. The fraction of sp³-hybridized carbons (Fsp3) is 1.00. The highest BCUT2D eigenvalue weighted by Crippen LogP contribution is 2.48. The average molecular weight is 267 g/mol. The summed E-state index contributed by atoms with van der Waals surface area (Å²) in [5.41, 5.74) is 1.08. The summed E-state index contributed by atoms with van der Waals surface area (Å²) in [6, 6.07) is 0.750. The second-order valence-corrected chi connectivity index (χ2v) is 7.85. The van der Waals surface area contributed by atoms with Crippen molar-refractivity contribution in [2.24, 2.45) is 10.8 Å². The summed E-state index contributed by atoms with van der Waals surface area (Å²) in [6.07, 6.45) is 13.7. The van der Waals surface area contributed by atoms with E-state index in [1.165, 1.54) is 51.4 Å². The van der Waals surface area contributed by atoms with Gasteiger partial charge in [0.05, 0.1) is 0 Å². The van der Waals surface area contributed by atoms with Crippen molar-refractivity contribution in [3.05, 3.63) is 0 Å². The summed E-state index contributed by atoms with van der Waals surface area (Å²) in [7, 11) is 0. The van der Waals surface area contributed by atoms with E-state index in [4.69, 9.17) is 5.11 Å². The Labute approximate surface area is 119 Å². The summed E-state index contributed by atoms with van der Waals surface area (Å²) in [5, 5.41) is 12.7. The summed E-state index contributed by atoms with van der Waals surface area (Å²) in [4.78, 5) is 0. The molecule has 0 radical (unpaired) electrons. The lowest BCUT2D eigenvalue weighted by molar-refractivity contribution is 0.157. The first-order valence-corrected chi connectivity index (χ1v) is 8.40. The normalized spacial score (nSPS) is 24.2. The first-order chi connectivity index (χ1) is 9.05. The van der Waals surface area contributed by atoms with Crippen LogP contribution < -0.4 is 5.32 Å². The standard InChI is InChI=1S/C17H33NO/c1-16(2,8-5-13-19)14-18-15-6-11-17(12-7-15)9-3-4-10-17/h15,18-19H,3-14H2,1-2H3. The number of rotatable bonds is 6. The van der Waals surface area contributed by atoms with E-state index < -0.39 is 0 Å². The molecular formula is C17H33NO. The predicted molar refractivity (Wildman–Crippen MR) is 81.3 cm³/mol. The zero-order chi connectivity index (χ0) is 13.8. The second kappa shape index (κ2) is 6.58. The molecule has 2 rings (SSSR count). The van der Waals surface area contributed by atoms with Gasteiger partial charge in [-0.3, -0.25) is 0 Å². The van der Waals surface area contributed by atoms with Crippen LogP contribution in [0.15, 0.2) is 0 Å². The quantitative estimate of drug-likeness (QED) is 0.765. The Morgan fingerprint density at radius 2 is 1.74 bits per heavy atom. The molecule has 0 aromatic rings. The molecule has 2 heteroatoms. The summed E-state index contributed by atoms with van der Waals surface area (Å²) in [5.74, 6) is 0. The van der Waals surface area contributed by atoms with Crippen molar-refractivity contribution in [2.75, 3.05) is 13.2 Å². The van der Waals surface area contributed by atoms with Crippen LogP contribution >= 0.6 is 0 Å². The van der Waals surface area contributed by atoms with Crippen LogP contribution in [0.25, 0.3) is 0 Å². The molecule has 1 spiro atoms. The Balaban J connectivity index is 1.68. The van der Waals surface area contributed by atoms with Crippen LogP contribution in [0, 0.1) is 10.8 Å². The van der Waals surface area contributed by atoms with Gasteiger partial charge in [-0.15, -0.1) is 0 Å². The van der Waals surface area contributed by atoms with Gasteiger partial charge in [-0.2, -0.15) is 0 Å². The van der Waals surface area contributed by atoms with Crippen molar-refractivity contribution in [1.82, 2.24) is 5.32 Å². The Bertz CT molecular complexity index is 258. The van der Waals surface area contributed by atoms with Crippen LogP contribution in [0.2, 0.25) is 0 Å². The summed E-state index contributed by atoms with van der Waals surface area (Å²) < 4.78 is 0. The van der Waals surface area contributed by atoms with Crippen molar-refractivity contribution in [3.63, 3.8) is 0 Å². The van der Waals surface area contributed by atoms with Crippen LogP contribution in [-0.4, -0.2) is 24.3 Å². The van der Waals surface area contributed by atoms with Crippen molar-refractivity contribution in [3.8, 4) is 0 Å². The predicted octanol–water partition coefficient (Wildman–Crippen LogP) is 3.88. The topological polar surface area (TPSA) is 32.3 Å². The molecule has 2 aliphatic carbocycles. The number of hydrogen-bond acceptors (Lipinski definition) is 2. The van der Waals surface area contributed by atoms with Gasteiger partial charge in [0.1, 0.15) is 0 Å². The van der Waals surface area contributed by atoms with Gasteiger partial charge >= 0.3 is 0 Å². The molecule has 0 aliphatic heterocycles. The molecule has 0 saturated heterocycles. The molecule has 2 N–H and O–H groups in total. The van der Waals surface area contributed by atoms with Gasteiger partial charge in [-0.25, -0.2) is 0 Å². The molecule has 0 aromatic heterocycles. The molecule has 0 bridgehead atoms. The molecule has 0 atom stereocenters. The highest BCUT2D eigenvalue weighted by molar-refractivity contribution is 4.91. The van der Waals surface area contributed by atoms with Gasteiger partial charge in [0, 0.05) is 19.2 Å². The third-order valence-corrected chi connectivity index (χ3v) is 5.59. The fourth-order valence-electron chi connectivity index (χ4n) is 4.13. The molecule has 2 nitrogen and oxygen atoms in total. The van der Waals surface area contributed by atoms with E-state index >= 15 is 0 Å². The van der Waals surface area contributed by atoms with E-state index in [-0.39, 0.29) is 0 Å². The van der Waals surface area contributed by atoms with Crippen LogP contribution in [0.1, 0.15) is 78.1 Å². The minimum atomic E-state index is 0.325. The Morgan fingerprint density at radius 1 is 1.11 bits per heavy atom.